The number of thiophene rings is 1. The lowest BCUT2D eigenvalue weighted by molar-refractivity contribution is 0.122. The highest BCUT2D eigenvalue weighted by atomic mass is 32.1. The summed E-state index contributed by atoms with van der Waals surface area (Å²) in [6.07, 6.45) is 2.83. The number of nitrogens with one attached hydrogen (secondary N) is 1. The second-order valence-electron chi connectivity index (χ2n) is 6.59. The van der Waals surface area contributed by atoms with Gasteiger partial charge in [0.2, 0.25) is 0 Å². The third kappa shape index (κ3) is 2.28. The fourth-order valence-corrected chi connectivity index (χ4v) is 4.58. The third-order valence-electron chi connectivity index (χ3n) is 4.94. The largest absolute Gasteiger partial charge is 0.309 e. The number of piperazine rings is 1. The zero-order valence-electron chi connectivity index (χ0n) is 12.1. The van der Waals surface area contributed by atoms with Crippen molar-refractivity contribution in [2.75, 3.05) is 19.6 Å². The Hall–Kier alpha value is -0.900. The smallest absolute Gasteiger partial charge is 0.0346 e. The lowest BCUT2D eigenvalue weighted by Gasteiger charge is -2.42. The summed E-state index contributed by atoms with van der Waals surface area (Å²) in [5.41, 5.74) is 1.86. The van der Waals surface area contributed by atoms with Gasteiger partial charge < -0.3 is 5.32 Å². The summed E-state index contributed by atoms with van der Waals surface area (Å²) in [5.74, 6) is 0.907. The third-order valence-corrected chi connectivity index (χ3v) is 5.95. The molecular weight excluding hydrogens is 264 g/mol. The van der Waals surface area contributed by atoms with Gasteiger partial charge in [-0.15, -0.1) is 11.3 Å². The van der Waals surface area contributed by atoms with Crippen LogP contribution in [0.25, 0.3) is 10.1 Å². The van der Waals surface area contributed by atoms with E-state index in [1.165, 1.54) is 41.6 Å². The predicted molar refractivity (Wildman–Crippen MR) is 86.2 cm³/mol. The van der Waals surface area contributed by atoms with Gasteiger partial charge in [-0.1, -0.05) is 18.2 Å². The Morgan fingerprint density at radius 3 is 3.05 bits per heavy atom. The van der Waals surface area contributed by atoms with Crippen molar-refractivity contribution < 1.29 is 0 Å². The van der Waals surface area contributed by atoms with E-state index in [0.29, 0.717) is 5.54 Å². The van der Waals surface area contributed by atoms with Gasteiger partial charge in [0.15, 0.2) is 0 Å². The maximum atomic E-state index is 3.77. The fraction of sp³-hybridized carbons (Fsp3) is 0.529. The van der Waals surface area contributed by atoms with E-state index in [1.54, 1.807) is 0 Å². The SMILES string of the molecule is CC1(C2CC2)CN(Cc2csc3ccccc23)CCN1. The molecule has 3 heteroatoms. The van der Waals surface area contributed by atoms with Gasteiger partial charge in [-0.2, -0.15) is 0 Å². The lowest BCUT2D eigenvalue weighted by atomic mass is 9.92. The highest BCUT2D eigenvalue weighted by Crippen LogP contribution is 2.41. The first kappa shape index (κ1) is 12.8. The molecule has 1 unspecified atom stereocenters. The lowest BCUT2D eigenvalue weighted by Crippen LogP contribution is -2.59. The molecule has 2 aromatic rings. The Labute approximate surface area is 124 Å². The molecule has 2 nitrogen and oxygen atoms in total. The average Bonchev–Trinajstić information content (AvgIpc) is 3.24. The van der Waals surface area contributed by atoms with Gasteiger partial charge in [0, 0.05) is 36.4 Å². The maximum absolute atomic E-state index is 3.77. The topological polar surface area (TPSA) is 15.3 Å². The van der Waals surface area contributed by atoms with Crippen LogP contribution in [0.4, 0.5) is 0 Å². The minimum absolute atomic E-state index is 0.351. The first-order valence-corrected chi connectivity index (χ1v) is 8.55. The van der Waals surface area contributed by atoms with Crippen LogP contribution in [0.3, 0.4) is 0 Å². The fourth-order valence-electron chi connectivity index (χ4n) is 3.62. The minimum atomic E-state index is 0.351. The van der Waals surface area contributed by atoms with Crippen LogP contribution in [-0.2, 0) is 6.54 Å². The highest BCUT2D eigenvalue weighted by molar-refractivity contribution is 7.17. The minimum Gasteiger partial charge on any atom is -0.309 e. The molecular formula is C17H22N2S. The number of fused-ring (bicyclic) bond motifs is 1. The zero-order chi connectivity index (χ0) is 13.6. The molecule has 0 amide bonds. The van der Waals surface area contributed by atoms with Crippen LogP contribution in [0.2, 0.25) is 0 Å². The number of rotatable bonds is 3. The first-order chi connectivity index (χ1) is 9.74. The van der Waals surface area contributed by atoms with E-state index in [0.717, 1.165) is 19.0 Å². The van der Waals surface area contributed by atoms with E-state index >= 15 is 0 Å². The number of nitrogens with zero attached hydrogens (tertiary/aromatic N) is 1. The van der Waals surface area contributed by atoms with Gasteiger partial charge in [0.25, 0.3) is 0 Å². The van der Waals surface area contributed by atoms with Crippen molar-refractivity contribution in [3.8, 4) is 0 Å². The quantitative estimate of drug-likeness (QED) is 0.929. The van der Waals surface area contributed by atoms with Gasteiger partial charge in [-0.25, -0.2) is 0 Å². The molecule has 0 spiro atoms. The van der Waals surface area contributed by atoms with E-state index < -0.39 is 0 Å². The molecule has 0 radical (unpaired) electrons. The summed E-state index contributed by atoms with van der Waals surface area (Å²) in [4.78, 5) is 2.64. The molecule has 1 saturated carbocycles. The van der Waals surface area contributed by atoms with Crippen LogP contribution in [0.15, 0.2) is 29.6 Å². The summed E-state index contributed by atoms with van der Waals surface area (Å²) in [5, 5.41) is 7.56. The molecule has 2 aliphatic rings. The van der Waals surface area contributed by atoms with E-state index in [2.05, 4.69) is 46.8 Å². The molecule has 1 saturated heterocycles. The average molecular weight is 286 g/mol. The van der Waals surface area contributed by atoms with E-state index in [4.69, 9.17) is 0 Å². The summed E-state index contributed by atoms with van der Waals surface area (Å²) in [7, 11) is 0. The van der Waals surface area contributed by atoms with Gasteiger partial charge in [-0.05, 0) is 48.1 Å². The van der Waals surface area contributed by atoms with Crippen molar-refractivity contribution in [2.24, 2.45) is 5.92 Å². The van der Waals surface area contributed by atoms with Crippen molar-refractivity contribution in [3.05, 3.63) is 35.2 Å². The second-order valence-corrected chi connectivity index (χ2v) is 7.50. The Kier molecular flexibility index (Phi) is 3.09. The van der Waals surface area contributed by atoms with E-state index in [1.807, 2.05) is 11.3 Å². The molecule has 2 heterocycles. The van der Waals surface area contributed by atoms with E-state index in [9.17, 15) is 0 Å². The van der Waals surface area contributed by atoms with Gasteiger partial charge in [-0.3, -0.25) is 4.90 Å². The monoisotopic (exact) mass is 286 g/mol. The van der Waals surface area contributed by atoms with Gasteiger partial charge >= 0.3 is 0 Å². The molecule has 1 aromatic carbocycles. The van der Waals surface area contributed by atoms with E-state index in [-0.39, 0.29) is 0 Å². The van der Waals surface area contributed by atoms with Crippen LogP contribution < -0.4 is 5.32 Å². The van der Waals surface area contributed by atoms with Gasteiger partial charge in [0.1, 0.15) is 0 Å². The molecule has 1 aromatic heterocycles. The molecule has 1 aliphatic heterocycles. The Balaban J connectivity index is 1.53. The van der Waals surface area contributed by atoms with Crippen molar-refractivity contribution >= 4 is 21.4 Å². The molecule has 2 fully saturated rings. The van der Waals surface area contributed by atoms with Crippen LogP contribution in [0.1, 0.15) is 25.3 Å². The molecule has 4 rings (SSSR count). The van der Waals surface area contributed by atoms with Crippen molar-refractivity contribution in [2.45, 2.75) is 31.8 Å². The molecule has 106 valence electrons. The summed E-state index contributed by atoms with van der Waals surface area (Å²) >= 11 is 1.88. The number of hydrogen-bond acceptors (Lipinski definition) is 3. The molecule has 0 bridgehead atoms. The highest BCUT2D eigenvalue weighted by Gasteiger charge is 2.43. The Bertz CT molecular complexity index is 616. The van der Waals surface area contributed by atoms with Crippen LogP contribution in [0, 0.1) is 5.92 Å². The molecule has 20 heavy (non-hydrogen) atoms. The van der Waals surface area contributed by atoms with Gasteiger partial charge in [0.05, 0.1) is 0 Å². The summed E-state index contributed by atoms with van der Waals surface area (Å²) in [6, 6.07) is 8.79. The number of benzene rings is 1. The van der Waals surface area contributed by atoms with Crippen LogP contribution in [0.5, 0.6) is 0 Å². The maximum Gasteiger partial charge on any atom is 0.0346 e. The number of hydrogen-bond donors (Lipinski definition) is 1. The van der Waals surface area contributed by atoms with Crippen molar-refractivity contribution in [1.29, 1.82) is 0 Å². The van der Waals surface area contributed by atoms with Crippen LogP contribution >= 0.6 is 11.3 Å². The standard InChI is InChI=1S/C17H22N2S/c1-17(14-6-7-14)12-19(9-8-18-17)10-13-11-20-16-5-3-2-4-15(13)16/h2-5,11,14,18H,6-10,12H2,1H3. The molecule has 1 atom stereocenters. The van der Waals surface area contributed by atoms with Crippen LogP contribution in [-0.4, -0.2) is 30.1 Å². The Morgan fingerprint density at radius 1 is 1.35 bits per heavy atom. The van der Waals surface area contributed by atoms with Crippen molar-refractivity contribution in [3.63, 3.8) is 0 Å². The summed E-state index contributed by atoms with van der Waals surface area (Å²) < 4.78 is 1.42. The zero-order valence-corrected chi connectivity index (χ0v) is 12.9. The Morgan fingerprint density at radius 2 is 2.20 bits per heavy atom. The summed E-state index contributed by atoms with van der Waals surface area (Å²) in [6.45, 7) is 7.03. The first-order valence-electron chi connectivity index (χ1n) is 7.67. The second kappa shape index (κ2) is 4.83. The normalized spacial score (nSPS) is 28.1. The predicted octanol–water partition coefficient (Wildman–Crippen LogP) is 3.48. The van der Waals surface area contributed by atoms with Crippen molar-refractivity contribution in [1.82, 2.24) is 10.2 Å². The molecule has 1 aliphatic carbocycles. The molecule has 1 N–H and O–H groups in total.